The van der Waals surface area contributed by atoms with Crippen molar-refractivity contribution in [2.75, 3.05) is 0 Å². The Morgan fingerprint density at radius 2 is 2.06 bits per heavy atom. The van der Waals surface area contributed by atoms with Crippen molar-refractivity contribution in [1.82, 2.24) is 0 Å². The zero-order chi connectivity index (χ0) is 12.4. The molecule has 17 heavy (non-hydrogen) atoms. The first-order valence-electron chi connectivity index (χ1n) is 5.20. The largest absolute Gasteiger partial charge is 0.469 e. The van der Waals surface area contributed by atoms with E-state index in [2.05, 4.69) is 15.9 Å². The number of aryl methyl sites for hydroxylation is 1. The van der Waals surface area contributed by atoms with E-state index in [4.69, 9.17) is 4.42 Å². The summed E-state index contributed by atoms with van der Waals surface area (Å²) in [6, 6.07) is 6.04. The maximum Gasteiger partial charge on any atom is 0.162 e. The van der Waals surface area contributed by atoms with Crippen molar-refractivity contribution < 1.29 is 13.2 Å². The normalized spacial score (nSPS) is 12.7. The highest BCUT2D eigenvalue weighted by Gasteiger charge is 2.16. The predicted octanol–water partition coefficient (Wildman–Crippen LogP) is 4.54. The highest BCUT2D eigenvalue weighted by molar-refractivity contribution is 9.09. The Bertz CT molecular complexity index is 522. The van der Waals surface area contributed by atoms with Crippen LogP contribution in [0.2, 0.25) is 0 Å². The van der Waals surface area contributed by atoms with Gasteiger partial charge >= 0.3 is 0 Å². The zero-order valence-electron chi connectivity index (χ0n) is 9.21. The minimum atomic E-state index is -0.814. The number of alkyl halides is 1. The summed E-state index contributed by atoms with van der Waals surface area (Å²) < 4.78 is 31.7. The lowest BCUT2D eigenvalue weighted by Crippen LogP contribution is -2.00. The zero-order valence-corrected chi connectivity index (χ0v) is 10.8. The summed E-state index contributed by atoms with van der Waals surface area (Å²) in [4.78, 5) is -0.0856. The third kappa shape index (κ3) is 2.57. The number of rotatable bonds is 3. The van der Waals surface area contributed by atoms with Crippen molar-refractivity contribution >= 4 is 15.9 Å². The molecule has 1 heterocycles. The van der Waals surface area contributed by atoms with Crippen LogP contribution in [0.5, 0.6) is 0 Å². The van der Waals surface area contributed by atoms with E-state index in [1.165, 1.54) is 6.07 Å². The van der Waals surface area contributed by atoms with Crippen molar-refractivity contribution in [3.8, 4) is 0 Å². The molecule has 0 radical (unpaired) electrons. The molecule has 0 saturated carbocycles. The molecule has 0 N–H and O–H groups in total. The van der Waals surface area contributed by atoms with E-state index >= 15 is 0 Å². The molecule has 0 aliphatic heterocycles. The fraction of sp³-hybridized carbons (Fsp3) is 0.231. The quantitative estimate of drug-likeness (QED) is 0.758. The second kappa shape index (κ2) is 5.00. The molecular formula is C13H11BrF2O. The van der Waals surface area contributed by atoms with Crippen molar-refractivity contribution in [3.05, 3.63) is 59.1 Å². The summed E-state index contributed by atoms with van der Waals surface area (Å²) in [5, 5.41) is 0. The Kier molecular flexibility index (Phi) is 3.62. The van der Waals surface area contributed by atoms with Gasteiger partial charge in [0.15, 0.2) is 11.6 Å². The smallest absolute Gasteiger partial charge is 0.162 e. The van der Waals surface area contributed by atoms with Gasteiger partial charge in [-0.2, -0.15) is 0 Å². The SMILES string of the molecule is Cc1occc1C(Br)Cc1cccc(F)c1F. The van der Waals surface area contributed by atoms with E-state index in [0.29, 0.717) is 12.0 Å². The monoisotopic (exact) mass is 300 g/mol. The number of furan rings is 1. The lowest BCUT2D eigenvalue weighted by molar-refractivity contribution is 0.497. The van der Waals surface area contributed by atoms with Gasteiger partial charge < -0.3 is 4.42 Å². The van der Waals surface area contributed by atoms with Gasteiger partial charge in [0.2, 0.25) is 0 Å². The Labute approximate surface area is 107 Å². The first-order valence-corrected chi connectivity index (χ1v) is 6.12. The van der Waals surface area contributed by atoms with E-state index in [1.54, 1.807) is 12.3 Å². The molecule has 90 valence electrons. The Morgan fingerprint density at radius 1 is 1.29 bits per heavy atom. The molecule has 1 nitrogen and oxygen atoms in total. The third-order valence-corrected chi connectivity index (χ3v) is 3.48. The first kappa shape index (κ1) is 12.3. The average Bonchev–Trinajstić information content (AvgIpc) is 2.71. The van der Waals surface area contributed by atoms with Crippen molar-refractivity contribution in [1.29, 1.82) is 0 Å². The van der Waals surface area contributed by atoms with E-state index in [1.807, 2.05) is 13.0 Å². The molecule has 1 aromatic heterocycles. The van der Waals surface area contributed by atoms with Crippen molar-refractivity contribution in [3.63, 3.8) is 0 Å². The molecular weight excluding hydrogens is 290 g/mol. The lowest BCUT2D eigenvalue weighted by Gasteiger charge is -2.10. The topological polar surface area (TPSA) is 13.1 Å². The Hall–Kier alpha value is -1.16. The van der Waals surface area contributed by atoms with E-state index in [9.17, 15) is 8.78 Å². The predicted molar refractivity (Wildman–Crippen MR) is 65.2 cm³/mol. The highest BCUT2D eigenvalue weighted by atomic mass is 79.9. The molecule has 0 amide bonds. The summed E-state index contributed by atoms with van der Waals surface area (Å²) in [5.74, 6) is -0.812. The van der Waals surface area contributed by atoms with Gasteiger partial charge in [0.25, 0.3) is 0 Å². The average molecular weight is 301 g/mol. The maximum atomic E-state index is 13.5. The van der Waals surface area contributed by atoms with Gasteiger partial charge in [-0.05, 0) is 31.0 Å². The fourth-order valence-electron chi connectivity index (χ4n) is 1.73. The van der Waals surface area contributed by atoms with E-state index < -0.39 is 11.6 Å². The summed E-state index contributed by atoms with van der Waals surface area (Å²) in [6.45, 7) is 1.84. The molecule has 0 spiro atoms. The van der Waals surface area contributed by atoms with Crippen LogP contribution in [-0.2, 0) is 6.42 Å². The highest BCUT2D eigenvalue weighted by Crippen LogP contribution is 2.31. The van der Waals surface area contributed by atoms with Crippen molar-refractivity contribution in [2.24, 2.45) is 0 Å². The van der Waals surface area contributed by atoms with Gasteiger partial charge in [-0.3, -0.25) is 0 Å². The molecule has 0 bridgehead atoms. The molecule has 4 heteroatoms. The van der Waals surface area contributed by atoms with Gasteiger partial charge in [0.05, 0.1) is 6.26 Å². The fourth-order valence-corrected chi connectivity index (χ4v) is 2.55. The molecule has 1 aromatic carbocycles. The second-order valence-corrected chi connectivity index (χ2v) is 4.92. The number of halogens is 3. The van der Waals surface area contributed by atoms with Crippen LogP contribution in [0.1, 0.15) is 21.7 Å². The van der Waals surface area contributed by atoms with Crippen LogP contribution in [-0.4, -0.2) is 0 Å². The number of hydrogen-bond acceptors (Lipinski definition) is 1. The van der Waals surface area contributed by atoms with Crippen LogP contribution in [0, 0.1) is 18.6 Å². The molecule has 1 atom stereocenters. The summed E-state index contributed by atoms with van der Waals surface area (Å²) in [7, 11) is 0. The molecule has 2 rings (SSSR count). The first-order chi connectivity index (χ1) is 8.09. The van der Waals surface area contributed by atoms with Gasteiger partial charge in [0, 0.05) is 10.4 Å². The minimum Gasteiger partial charge on any atom is -0.469 e. The van der Waals surface area contributed by atoms with Crippen LogP contribution in [0.25, 0.3) is 0 Å². The Balaban J connectivity index is 2.22. The molecule has 0 fully saturated rings. The van der Waals surface area contributed by atoms with Gasteiger partial charge in [-0.15, -0.1) is 0 Å². The third-order valence-electron chi connectivity index (χ3n) is 2.67. The van der Waals surface area contributed by atoms with Crippen LogP contribution in [0.15, 0.2) is 34.9 Å². The second-order valence-electron chi connectivity index (χ2n) is 3.82. The molecule has 0 aliphatic rings. The Morgan fingerprint density at radius 3 is 2.71 bits per heavy atom. The summed E-state index contributed by atoms with van der Waals surface area (Å²) >= 11 is 3.46. The van der Waals surface area contributed by atoms with E-state index in [0.717, 1.165) is 17.4 Å². The van der Waals surface area contributed by atoms with Crippen molar-refractivity contribution in [2.45, 2.75) is 18.2 Å². The van der Waals surface area contributed by atoms with Gasteiger partial charge in [-0.1, -0.05) is 28.1 Å². The maximum absolute atomic E-state index is 13.5. The number of hydrogen-bond donors (Lipinski definition) is 0. The number of benzene rings is 1. The molecule has 1 unspecified atom stereocenters. The molecule has 0 saturated heterocycles. The van der Waals surface area contributed by atoms with E-state index in [-0.39, 0.29) is 4.83 Å². The van der Waals surface area contributed by atoms with Gasteiger partial charge in [0.1, 0.15) is 5.76 Å². The summed E-state index contributed by atoms with van der Waals surface area (Å²) in [5.41, 5.74) is 1.31. The summed E-state index contributed by atoms with van der Waals surface area (Å²) in [6.07, 6.45) is 1.96. The standard InChI is InChI=1S/C13H11BrF2O/c1-8-10(5-6-17-8)11(14)7-9-3-2-4-12(15)13(9)16/h2-6,11H,7H2,1H3. The van der Waals surface area contributed by atoms with Crippen LogP contribution < -0.4 is 0 Å². The lowest BCUT2D eigenvalue weighted by atomic mass is 10.0. The van der Waals surface area contributed by atoms with Crippen LogP contribution in [0.4, 0.5) is 8.78 Å². The van der Waals surface area contributed by atoms with Crippen LogP contribution >= 0.6 is 15.9 Å². The van der Waals surface area contributed by atoms with Gasteiger partial charge in [-0.25, -0.2) is 8.78 Å². The molecule has 2 aromatic rings. The molecule has 0 aliphatic carbocycles. The minimum absolute atomic E-state index is 0.0856. The van der Waals surface area contributed by atoms with Crippen LogP contribution in [0.3, 0.4) is 0 Å².